The Bertz CT molecular complexity index is 1180. The Morgan fingerprint density at radius 1 is 0.854 bits per heavy atom. The van der Waals surface area contributed by atoms with E-state index in [-0.39, 0.29) is 35.1 Å². The Labute approximate surface area is 246 Å². The van der Waals surface area contributed by atoms with Crippen LogP contribution in [0, 0.1) is 34.1 Å². The largest absolute Gasteiger partial charge is 0.379 e. The van der Waals surface area contributed by atoms with Gasteiger partial charge in [-0.25, -0.2) is 0 Å². The summed E-state index contributed by atoms with van der Waals surface area (Å²) in [5, 5.41) is 30.1. The van der Waals surface area contributed by atoms with Crippen LogP contribution in [0.2, 0.25) is 0 Å². The number of benzene rings is 2. The van der Waals surface area contributed by atoms with Crippen molar-refractivity contribution in [1.82, 2.24) is 10.2 Å². The number of halogens is 1. The lowest BCUT2D eigenvalue weighted by molar-refractivity contribution is -0.385. The fraction of sp³-hybridized carbons (Fsp3) is 0.462. The summed E-state index contributed by atoms with van der Waals surface area (Å²) in [6.07, 6.45) is 0. The van der Waals surface area contributed by atoms with Gasteiger partial charge >= 0.3 is 0 Å². The number of nitro benzene ring substituents is 2. The number of rotatable bonds is 7. The minimum atomic E-state index is -0.473. The summed E-state index contributed by atoms with van der Waals surface area (Å²) in [6, 6.07) is 9.22. The molecule has 2 aliphatic rings. The van der Waals surface area contributed by atoms with Gasteiger partial charge in [0, 0.05) is 38.3 Å². The minimum Gasteiger partial charge on any atom is -0.379 e. The van der Waals surface area contributed by atoms with Crippen molar-refractivity contribution < 1.29 is 28.9 Å². The highest BCUT2D eigenvalue weighted by molar-refractivity contribution is 9.09. The zero-order valence-electron chi connectivity index (χ0n) is 23.0. The van der Waals surface area contributed by atoms with Crippen molar-refractivity contribution in [1.29, 1.82) is 0 Å². The molecule has 0 radical (unpaired) electrons. The predicted octanol–water partition coefficient (Wildman–Crippen LogP) is 3.02. The highest BCUT2D eigenvalue weighted by atomic mass is 79.9. The highest BCUT2D eigenvalue weighted by Gasteiger charge is 2.18. The number of anilines is 2. The molecule has 2 aromatic carbocycles. The van der Waals surface area contributed by atoms with Gasteiger partial charge in [0.25, 0.3) is 11.4 Å². The van der Waals surface area contributed by atoms with Crippen molar-refractivity contribution in [3.05, 3.63) is 67.8 Å². The topological polar surface area (TPSA) is 178 Å². The molecule has 0 atom stereocenters. The molecule has 2 saturated heterocycles. The van der Waals surface area contributed by atoms with Gasteiger partial charge in [-0.2, -0.15) is 0 Å². The number of nitrogens with zero attached hydrogens (tertiary/aromatic N) is 3. The molecule has 2 aromatic rings. The second-order valence-corrected chi connectivity index (χ2v) is 9.46. The Balaban J connectivity index is 0.000000245. The molecule has 2 amide bonds. The maximum Gasteiger partial charge on any atom is 0.274 e. The molecule has 3 N–H and O–H groups in total. The molecular weight excluding hydrogens is 604 g/mol. The van der Waals surface area contributed by atoms with Crippen LogP contribution < -0.4 is 16.0 Å². The van der Waals surface area contributed by atoms with E-state index in [9.17, 15) is 29.8 Å². The number of hydrogen-bond donors (Lipinski definition) is 3. The Kier molecular flexibility index (Phi) is 14.8. The zero-order valence-corrected chi connectivity index (χ0v) is 24.6. The molecule has 15 heteroatoms. The maximum atomic E-state index is 12.0. The SMILES string of the molecule is C1COCCN1.Cc1c(NC(=O)CBr)cccc1[N+](=O)[O-].Cc1c(NC(=O)CN2CCOCC2)cccc1[N+](=O)[O-]. The first kappa shape index (κ1) is 33.7. The number of carbonyl (C=O) groups is 2. The lowest BCUT2D eigenvalue weighted by Crippen LogP contribution is -2.41. The van der Waals surface area contributed by atoms with Gasteiger partial charge in [0.2, 0.25) is 11.8 Å². The van der Waals surface area contributed by atoms with Gasteiger partial charge in [-0.1, -0.05) is 28.1 Å². The van der Waals surface area contributed by atoms with Crippen LogP contribution in [0.1, 0.15) is 11.1 Å². The first-order valence-electron chi connectivity index (χ1n) is 12.9. The fourth-order valence-corrected chi connectivity index (χ4v) is 3.90. The molecule has 0 spiro atoms. The van der Waals surface area contributed by atoms with Crippen molar-refractivity contribution >= 4 is 50.5 Å². The Morgan fingerprint density at radius 3 is 1.71 bits per heavy atom. The summed E-state index contributed by atoms with van der Waals surface area (Å²) in [5.41, 5.74) is 1.88. The van der Waals surface area contributed by atoms with E-state index >= 15 is 0 Å². The second-order valence-electron chi connectivity index (χ2n) is 8.89. The van der Waals surface area contributed by atoms with E-state index in [0.29, 0.717) is 35.7 Å². The van der Waals surface area contributed by atoms with Crippen molar-refractivity contribution in [3.8, 4) is 0 Å². The van der Waals surface area contributed by atoms with Crippen LogP contribution in [-0.4, -0.2) is 91.0 Å². The summed E-state index contributed by atoms with van der Waals surface area (Å²) >= 11 is 3.00. The number of nitrogens with one attached hydrogen (secondary N) is 3. The minimum absolute atomic E-state index is 0.00220. The molecule has 14 nitrogen and oxygen atoms in total. The van der Waals surface area contributed by atoms with E-state index in [1.165, 1.54) is 18.2 Å². The van der Waals surface area contributed by atoms with E-state index in [1.54, 1.807) is 32.0 Å². The number of carbonyl (C=O) groups excluding carboxylic acids is 2. The summed E-state index contributed by atoms with van der Waals surface area (Å²) in [7, 11) is 0. The van der Waals surface area contributed by atoms with Crippen molar-refractivity contribution in [3.63, 3.8) is 0 Å². The number of amides is 2. The molecule has 2 aliphatic heterocycles. The summed E-state index contributed by atoms with van der Waals surface area (Å²) in [5.74, 6) is -0.408. The third kappa shape index (κ3) is 11.9. The lowest BCUT2D eigenvalue weighted by Gasteiger charge is -2.25. The zero-order chi connectivity index (χ0) is 30.2. The summed E-state index contributed by atoms with van der Waals surface area (Å²) in [4.78, 5) is 45.6. The van der Waals surface area contributed by atoms with Crippen LogP contribution >= 0.6 is 15.9 Å². The Morgan fingerprint density at radius 2 is 1.32 bits per heavy atom. The summed E-state index contributed by atoms with van der Waals surface area (Å²) < 4.78 is 10.2. The molecule has 224 valence electrons. The molecule has 2 fully saturated rings. The van der Waals surface area contributed by atoms with Crippen molar-refractivity contribution in [2.24, 2.45) is 0 Å². The third-order valence-electron chi connectivity index (χ3n) is 5.99. The molecule has 0 bridgehead atoms. The number of alkyl halides is 1. The summed E-state index contributed by atoms with van der Waals surface area (Å²) in [6.45, 7) is 10.0. The van der Waals surface area contributed by atoms with E-state index < -0.39 is 9.85 Å². The molecule has 0 aromatic heterocycles. The van der Waals surface area contributed by atoms with E-state index in [1.807, 2.05) is 4.90 Å². The van der Waals surface area contributed by atoms with Gasteiger partial charge in [0.05, 0.1) is 70.7 Å². The van der Waals surface area contributed by atoms with Crippen molar-refractivity contribution in [2.45, 2.75) is 13.8 Å². The normalized spacial score (nSPS) is 14.8. The lowest BCUT2D eigenvalue weighted by atomic mass is 10.1. The average Bonchev–Trinajstić information content (AvgIpc) is 2.97. The smallest absolute Gasteiger partial charge is 0.274 e. The van der Waals surface area contributed by atoms with Crippen LogP contribution in [-0.2, 0) is 19.1 Å². The molecular formula is C26H35BrN6O8. The van der Waals surface area contributed by atoms with Crippen molar-refractivity contribution in [2.75, 3.05) is 75.1 Å². The number of hydrogen-bond acceptors (Lipinski definition) is 10. The number of nitro groups is 2. The van der Waals surface area contributed by atoms with Crippen LogP contribution in [0.25, 0.3) is 0 Å². The maximum absolute atomic E-state index is 12.0. The first-order valence-corrected chi connectivity index (χ1v) is 14.0. The quantitative estimate of drug-likeness (QED) is 0.232. The monoisotopic (exact) mass is 638 g/mol. The second kappa shape index (κ2) is 18.0. The van der Waals surface area contributed by atoms with E-state index in [2.05, 4.69) is 31.9 Å². The molecule has 0 aliphatic carbocycles. The van der Waals surface area contributed by atoms with Crippen LogP contribution in [0.5, 0.6) is 0 Å². The standard InChI is InChI=1S/C13H17N3O4.C9H9BrN2O3.C4H9NO/c1-10-11(3-2-4-12(10)16(18)19)14-13(17)9-15-5-7-20-8-6-15;1-6-7(11-9(13)5-10)3-2-4-8(6)12(14)15;1-3-6-4-2-5-1/h2-4H,5-9H2,1H3,(H,14,17);2-4H,5H2,1H3,(H,11,13);5H,1-4H2. The van der Waals surface area contributed by atoms with E-state index in [0.717, 1.165) is 39.4 Å². The highest BCUT2D eigenvalue weighted by Crippen LogP contribution is 2.26. The molecule has 4 rings (SSSR count). The molecule has 2 heterocycles. The van der Waals surface area contributed by atoms with E-state index in [4.69, 9.17) is 9.47 Å². The predicted molar refractivity (Wildman–Crippen MR) is 158 cm³/mol. The van der Waals surface area contributed by atoms with Gasteiger partial charge in [-0.15, -0.1) is 0 Å². The van der Waals surface area contributed by atoms with Crippen LogP contribution in [0.3, 0.4) is 0 Å². The molecule has 0 unspecified atom stereocenters. The number of morpholine rings is 2. The van der Waals surface area contributed by atoms with Gasteiger partial charge in [-0.05, 0) is 26.0 Å². The molecule has 0 saturated carbocycles. The van der Waals surface area contributed by atoms with Crippen LogP contribution in [0.15, 0.2) is 36.4 Å². The average molecular weight is 640 g/mol. The fourth-order valence-electron chi connectivity index (χ4n) is 3.76. The van der Waals surface area contributed by atoms with Crippen LogP contribution in [0.4, 0.5) is 22.7 Å². The van der Waals surface area contributed by atoms with Gasteiger partial charge in [-0.3, -0.25) is 34.7 Å². The van der Waals surface area contributed by atoms with Gasteiger partial charge < -0.3 is 25.4 Å². The Hall–Kier alpha value is -3.50. The first-order chi connectivity index (χ1) is 19.6. The molecule has 41 heavy (non-hydrogen) atoms. The third-order valence-corrected chi connectivity index (χ3v) is 6.50. The van der Waals surface area contributed by atoms with Gasteiger partial charge in [0.15, 0.2) is 0 Å². The number of ether oxygens (including phenoxy) is 2. The van der Waals surface area contributed by atoms with Gasteiger partial charge in [0.1, 0.15) is 0 Å².